The SMILES string of the molecule is Cc1ccc(SC(F)(F)[Si](C)(C)C)cc1. The van der Waals surface area contributed by atoms with Gasteiger partial charge in [-0.1, -0.05) is 49.1 Å². The molecule has 1 rings (SSSR count). The summed E-state index contributed by atoms with van der Waals surface area (Å²) in [7, 11) is -2.45. The summed E-state index contributed by atoms with van der Waals surface area (Å²) in [6, 6.07) is 7.24. The van der Waals surface area contributed by atoms with Crippen molar-refractivity contribution in [3.05, 3.63) is 29.8 Å². The fourth-order valence-electron chi connectivity index (χ4n) is 0.907. The minimum absolute atomic E-state index is 0.646. The molecule has 0 spiro atoms. The van der Waals surface area contributed by atoms with E-state index in [2.05, 4.69) is 0 Å². The van der Waals surface area contributed by atoms with Gasteiger partial charge in [0.05, 0.1) is 0 Å². The highest BCUT2D eigenvalue weighted by atomic mass is 32.2. The lowest BCUT2D eigenvalue weighted by Gasteiger charge is -2.27. The van der Waals surface area contributed by atoms with Gasteiger partial charge in [-0.05, 0) is 19.1 Å². The molecule has 0 saturated carbocycles. The average molecular weight is 246 g/mol. The smallest absolute Gasteiger partial charge is 0.199 e. The molecule has 1 aromatic rings. The van der Waals surface area contributed by atoms with Gasteiger partial charge in [-0.2, -0.15) is 8.78 Å². The van der Waals surface area contributed by atoms with E-state index in [1.54, 1.807) is 31.8 Å². The molecule has 0 aliphatic carbocycles. The van der Waals surface area contributed by atoms with E-state index >= 15 is 0 Å². The van der Waals surface area contributed by atoms with Crippen molar-refractivity contribution in [2.75, 3.05) is 0 Å². The van der Waals surface area contributed by atoms with Crippen molar-refractivity contribution in [2.45, 2.75) is 36.3 Å². The van der Waals surface area contributed by atoms with Crippen LogP contribution in [0, 0.1) is 6.92 Å². The van der Waals surface area contributed by atoms with Crippen LogP contribution in [-0.4, -0.2) is 13.0 Å². The van der Waals surface area contributed by atoms with Crippen molar-refractivity contribution in [1.82, 2.24) is 0 Å². The Morgan fingerprint density at radius 2 is 1.53 bits per heavy atom. The zero-order valence-corrected chi connectivity index (χ0v) is 11.3. The maximum absolute atomic E-state index is 13.7. The van der Waals surface area contributed by atoms with Crippen LogP contribution in [-0.2, 0) is 0 Å². The summed E-state index contributed by atoms with van der Waals surface area (Å²) in [6.07, 6.45) is 0. The quantitative estimate of drug-likeness (QED) is 0.556. The van der Waals surface area contributed by atoms with Crippen LogP contribution in [0.3, 0.4) is 0 Å². The first-order valence-electron chi connectivity index (χ1n) is 4.86. The molecule has 84 valence electrons. The number of hydrogen-bond acceptors (Lipinski definition) is 1. The van der Waals surface area contributed by atoms with Gasteiger partial charge in [0.2, 0.25) is 0 Å². The van der Waals surface area contributed by atoms with Crippen molar-refractivity contribution in [3.63, 3.8) is 0 Å². The van der Waals surface area contributed by atoms with Gasteiger partial charge in [0, 0.05) is 4.90 Å². The third-order valence-electron chi connectivity index (χ3n) is 2.14. The van der Waals surface area contributed by atoms with Crippen LogP contribution in [0.4, 0.5) is 8.78 Å². The number of thioether (sulfide) groups is 1. The molecular formula is C11H16F2SSi. The van der Waals surface area contributed by atoms with E-state index in [4.69, 9.17) is 0 Å². The third-order valence-corrected chi connectivity index (χ3v) is 6.79. The summed E-state index contributed by atoms with van der Waals surface area (Å²) in [5, 5.41) is 0. The molecule has 0 heterocycles. The molecule has 0 aliphatic heterocycles. The number of rotatable bonds is 3. The number of hydrogen-bond donors (Lipinski definition) is 0. The first kappa shape index (κ1) is 12.7. The van der Waals surface area contributed by atoms with Crippen LogP contribution in [0.5, 0.6) is 0 Å². The standard InChI is InChI=1S/C11H16F2SSi/c1-9-5-7-10(8-6-9)14-11(12,13)15(2,3)4/h5-8H,1-4H3. The van der Waals surface area contributed by atoms with Gasteiger partial charge in [0.25, 0.3) is 4.88 Å². The van der Waals surface area contributed by atoms with Crippen molar-refractivity contribution in [3.8, 4) is 0 Å². The monoisotopic (exact) mass is 246 g/mol. The second kappa shape index (κ2) is 4.26. The molecule has 0 amide bonds. The van der Waals surface area contributed by atoms with Crippen LogP contribution in [0.25, 0.3) is 0 Å². The maximum atomic E-state index is 13.7. The van der Waals surface area contributed by atoms with Crippen LogP contribution in [0.15, 0.2) is 29.2 Å². The Labute approximate surface area is 95.1 Å². The zero-order chi connectivity index (χ0) is 11.7. The molecule has 0 radical (unpaired) electrons. The Hall–Kier alpha value is -0.353. The molecular weight excluding hydrogens is 230 g/mol. The van der Waals surface area contributed by atoms with Gasteiger partial charge in [-0.25, -0.2) is 0 Å². The van der Waals surface area contributed by atoms with Crippen molar-refractivity contribution < 1.29 is 8.78 Å². The van der Waals surface area contributed by atoms with Crippen LogP contribution < -0.4 is 0 Å². The van der Waals surface area contributed by atoms with E-state index in [1.807, 2.05) is 19.1 Å². The minimum atomic E-state index is -2.61. The highest BCUT2D eigenvalue weighted by Crippen LogP contribution is 2.42. The van der Waals surface area contributed by atoms with Gasteiger partial charge < -0.3 is 0 Å². The Morgan fingerprint density at radius 3 is 1.93 bits per heavy atom. The maximum Gasteiger partial charge on any atom is 0.276 e. The number of aryl methyl sites for hydroxylation is 1. The molecule has 0 aromatic heterocycles. The van der Waals surface area contributed by atoms with Gasteiger partial charge in [0.15, 0.2) is 0 Å². The first-order chi connectivity index (χ1) is 6.72. The Morgan fingerprint density at radius 1 is 1.07 bits per heavy atom. The average Bonchev–Trinajstić information content (AvgIpc) is 2.06. The molecule has 1 aromatic carbocycles. The van der Waals surface area contributed by atoms with E-state index in [0.717, 1.165) is 5.56 Å². The summed E-state index contributed by atoms with van der Waals surface area (Å²) in [5.41, 5.74) is 1.09. The molecule has 0 saturated heterocycles. The molecule has 0 nitrogen and oxygen atoms in total. The van der Waals surface area contributed by atoms with E-state index in [1.165, 1.54) is 0 Å². The third kappa shape index (κ3) is 3.31. The minimum Gasteiger partial charge on any atom is -0.199 e. The molecule has 0 aliphatic rings. The molecule has 0 bridgehead atoms. The molecule has 15 heavy (non-hydrogen) atoms. The second-order valence-electron chi connectivity index (χ2n) is 4.68. The predicted octanol–water partition coefficient (Wildman–Crippen LogP) is 4.56. The molecule has 0 N–H and O–H groups in total. The first-order valence-corrected chi connectivity index (χ1v) is 9.17. The lowest BCUT2D eigenvalue weighted by molar-refractivity contribution is 0.188. The van der Waals surface area contributed by atoms with E-state index < -0.39 is 13.0 Å². The Bertz CT molecular complexity index is 327. The summed E-state index contributed by atoms with van der Waals surface area (Å²) in [6.45, 7) is 7.02. The lowest BCUT2D eigenvalue weighted by atomic mass is 10.2. The van der Waals surface area contributed by atoms with Gasteiger partial charge in [-0.3, -0.25) is 0 Å². The zero-order valence-electron chi connectivity index (χ0n) is 9.47. The van der Waals surface area contributed by atoms with Gasteiger partial charge in [0.1, 0.15) is 8.07 Å². The van der Waals surface area contributed by atoms with E-state index in [0.29, 0.717) is 16.7 Å². The van der Waals surface area contributed by atoms with Crippen LogP contribution in [0.1, 0.15) is 5.56 Å². The summed E-state index contributed by atoms with van der Waals surface area (Å²) in [5.74, 6) is 0. The van der Waals surface area contributed by atoms with Gasteiger partial charge in [-0.15, -0.1) is 0 Å². The summed E-state index contributed by atoms with van der Waals surface area (Å²) >= 11 is 0.690. The van der Waals surface area contributed by atoms with E-state index in [-0.39, 0.29) is 0 Å². The highest BCUT2D eigenvalue weighted by molar-refractivity contribution is 8.02. The topological polar surface area (TPSA) is 0 Å². The predicted molar refractivity (Wildman–Crippen MR) is 65.3 cm³/mol. The molecule has 0 atom stereocenters. The van der Waals surface area contributed by atoms with Crippen LogP contribution in [0.2, 0.25) is 19.6 Å². The number of alkyl halides is 2. The fraction of sp³-hybridized carbons (Fsp3) is 0.455. The Balaban J connectivity index is 2.82. The molecule has 0 fully saturated rings. The lowest BCUT2D eigenvalue weighted by Crippen LogP contribution is -2.42. The second-order valence-corrected chi connectivity index (χ2v) is 11.4. The highest BCUT2D eigenvalue weighted by Gasteiger charge is 2.45. The van der Waals surface area contributed by atoms with Crippen molar-refractivity contribution >= 4 is 19.8 Å². The number of benzene rings is 1. The normalized spacial score (nSPS) is 12.9. The van der Waals surface area contributed by atoms with E-state index in [9.17, 15) is 8.78 Å². The summed E-state index contributed by atoms with van der Waals surface area (Å²) in [4.78, 5) is -1.96. The van der Waals surface area contributed by atoms with Gasteiger partial charge >= 0.3 is 0 Å². The van der Waals surface area contributed by atoms with Crippen molar-refractivity contribution in [2.24, 2.45) is 0 Å². The van der Waals surface area contributed by atoms with Crippen LogP contribution >= 0.6 is 11.8 Å². The fourth-order valence-corrected chi connectivity index (χ4v) is 3.05. The van der Waals surface area contributed by atoms with Crippen molar-refractivity contribution in [1.29, 1.82) is 0 Å². The summed E-state index contributed by atoms with van der Waals surface area (Å²) < 4.78 is 27.5. The largest absolute Gasteiger partial charge is 0.276 e. The Kier molecular flexibility index (Phi) is 3.61. The molecule has 0 unspecified atom stereocenters. The number of halogens is 2. The molecule has 4 heteroatoms.